The Hall–Kier alpha value is -2.42. The molecule has 8 heteroatoms. The second-order valence-electron chi connectivity index (χ2n) is 8.01. The van der Waals surface area contributed by atoms with Crippen LogP contribution in [0.2, 0.25) is 0 Å². The van der Waals surface area contributed by atoms with E-state index in [1.165, 1.54) is 0 Å². The van der Waals surface area contributed by atoms with E-state index < -0.39 is 5.60 Å². The number of aromatic nitrogens is 3. The van der Waals surface area contributed by atoms with Crippen molar-refractivity contribution in [2.45, 2.75) is 49.8 Å². The number of nitrogens with one attached hydrogen (secondary N) is 1. The van der Waals surface area contributed by atoms with Crippen LogP contribution in [0.1, 0.15) is 37.8 Å². The number of nitrogens with zero attached hydrogens (tertiary/aromatic N) is 4. The fraction of sp³-hybridized carbons (Fsp3) is 0.524. The number of carbonyl (C=O) groups excluding carboxylic acids is 1. The molecule has 1 aliphatic heterocycles. The Morgan fingerprint density at radius 3 is 2.59 bits per heavy atom. The maximum atomic E-state index is 11.7. The van der Waals surface area contributed by atoms with E-state index in [1.54, 1.807) is 24.7 Å². The Balaban J connectivity index is 1.32. The quantitative estimate of drug-likeness (QED) is 0.685. The van der Waals surface area contributed by atoms with Crippen molar-refractivity contribution in [1.29, 1.82) is 0 Å². The van der Waals surface area contributed by atoms with E-state index in [9.17, 15) is 9.90 Å². The van der Waals surface area contributed by atoms with Crippen molar-refractivity contribution < 1.29 is 9.90 Å². The molecule has 2 aromatic rings. The highest BCUT2D eigenvalue weighted by Crippen LogP contribution is 2.36. The van der Waals surface area contributed by atoms with Crippen molar-refractivity contribution >= 4 is 5.91 Å². The lowest BCUT2D eigenvalue weighted by Crippen LogP contribution is -2.45. The molecule has 1 saturated carbocycles. The first-order valence-electron chi connectivity index (χ1n) is 10.3. The first-order chi connectivity index (χ1) is 14.1. The third kappa shape index (κ3) is 4.44. The second-order valence-corrected chi connectivity index (χ2v) is 8.01. The van der Waals surface area contributed by atoms with E-state index in [1.807, 2.05) is 17.0 Å². The zero-order chi connectivity index (χ0) is 20.3. The Labute approximate surface area is 170 Å². The van der Waals surface area contributed by atoms with Crippen LogP contribution in [0.3, 0.4) is 0 Å². The van der Waals surface area contributed by atoms with Crippen LogP contribution in [0.4, 0.5) is 0 Å². The van der Waals surface area contributed by atoms with E-state index in [2.05, 4.69) is 20.3 Å². The molecule has 154 valence electrons. The van der Waals surface area contributed by atoms with Crippen molar-refractivity contribution in [2.75, 3.05) is 19.6 Å². The van der Waals surface area contributed by atoms with E-state index in [0.717, 1.165) is 37.9 Å². The number of likely N-dealkylation sites (tertiary alicyclic amines) is 1. The van der Waals surface area contributed by atoms with Crippen LogP contribution < -0.4 is 11.1 Å². The minimum atomic E-state index is -0.897. The van der Waals surface area contributed by atoms with Gasteiger partial charge in [0.05, 0.1) is 12.2 Å². The molecule has 0 unspecified atom stereocenters. The Kier molecular flexibility index (Phi) is 5.84. The molecule has 1 amide bonds. The molecule has 0 aromatic carbocycles. The number of rotatable bonds is 5. The predicted octanol–water partition coefficient (Wildman–Crippen LogP) is 0.818. The summed E-state index contributed by atoms with van der Waals surface area (Å²) in [4.78, 5) is 26.5. The molecular weight excluding hydrogens is 368 g/mol. The van der Waals surface area contributed by atoms with Gasteiger partial charge in [-0.15, -0.1) is 0 Å². The molecule has 8 nitrogen and oxygen atoms in total. The number of hydrogen-bond acceptors (Lipinski definition) is 7. The van der Waals surface area contributed by atoms with E-state index >= 15 is 0 Å². The fourth-order valence-corrected chi connectivity index (χ4v) is 4.35. The minimum absolute atomic E-state index is 0.0164. The lowest BCUT2D eigenvalue weighted by atomic mass is 9.79. The predicted molar refractivity (Wildman–Crippen MR) is 109 cm³/mol. The topological polar surface area (TPSA) is 117 Å². The summed E-state index contributed by atoms with van der Waals surface area (Å²) in [6, 6.07) is 6.24. The van der Waals surface area contributed by atoms with E-state index in [4.69, 9.17) is 5.73 Å². The molecule has 2 fully saturated rings. The molecule has 1 aliphatic carbocycles. The number of nitrogens with two attached hydrogens (primary N) is 1. The van der Waals surface area contributed by atoms with Crippen LogP contribution in [0.15, 0.2) is 36.8 Å². The van der Waals surface area contributed by atoms with Gasteiger partial charge in [-0.05, 0) is 50.3 Å². The van der Waals surface area contributed by atoms with Gasteiger partial charge < -0.3 is 21.1 Å². The van der Waals surface area contributed by atoms with Gasteiger partial charge in [0.2, 0.25) is 5.91 Å². The highest BCUT2D eigenvalue weighted by Gasteiger charge is 2.37. The summed E-state index contributed by atoms with van der Waals surface area (Å²) < 4.78 is 0. The van der Waals surface area contributed by atoms with E-state index in [-0.39, 0.29) is 12.5 Å². The Bertz CT molecular complexity index is 821. The summed E-state index contributed by atoms with van der Waals surface area (Å²) >= 11 is 0. The van der Waals surface area contributed by atoms with Gasteiger partial charge in [0, 0.05) is 49.3 Å². The monoisotopic (exact) mass is 396 g/mol. The fourth-order valence-electron chi connectivity index (χ4n) is 4.35. The van der Waals surface area contributed by atoms with Crippen molar-refractivity contribution in [2.24, 2.45) is 5.73 Å². The zero-order valence-corrected chi connectivity index (χ0v) is 16.5. The molecule has 2 aliphatic rings. The van der Waals surface area contributed by atoms with Gasteiger partial charge >= 0.3 is 0 Å². The molecule has 3 heterocycles. The average molecular weight is 396 g/mol. The third-order valence-corrected chi connectivity index (χ3v) is 6.06. The number of aliphatic hydroxyl groups is 1. The Morgan fingerprint density at radius 1 is 1.17 bits per heavy atom. The molecule has 0 spiro atoms. The van der Waals surface area contributed by atoms with Crippen LogP contribution in [-0.2, 0) is 10.4 Å². The van der Waals surface area contributed by atoms with Gasteiger partial charge in [-0.1, -0.05) is 0 Å². The summed E-state index contributed by atoms with van der Waals surface area (Å²) in [5.41, 5.74) is 6.10. The molecule has 4 N–H and O–H groups in total. The van der Waals surface area contributed by atoms with Gasteiger partial charge in [0.15, 0.2) is 5.82 Å². The summed E-state index contributed by atoms with van der Waals surface area (Å²) in [6.07, 6.45) is 9.17. The van der Waals surface area contributed by atoms with Gasteiger partial charge in [-0.3, -0.25) is 9.78 Å². The summed E-state index contributed by atoms with van der Waals surface area (Å²) in [7, 11) is 0. The number of hydrogen-bond donors (Lipinski definition) is 3. The molecule has 0 bridgehead atoms. The van der Waals surface area contributed by atoms with Crippen molar-refractivity contribution in [1.82, 2.24) is 25.2 Å². The largest absolute Gasteiger partial charge is 0.384 e. The first kappa shape index (κ1) is 19.9. The molecule has 1 saturated heterocycles. The summed E-state index contributed by atoms with van der Waals surface area (Å²) in [6.45, 7) is 1.57. The average Bonchev–Trinajstić information content (AvgIpc) is 3.24. The zero-order valence-electron chi connectivity index (χ0n) is 16.5. The number of amides is 1. The van der Waals surface area contributed by atoms with Gasteiger partial charge in [-0.2, -0.15) is 0 Å². The van der Waals surface area contributed by atoms with Gasteiger partial charge in [0.1, 0.15) is 5.60 Å². The summed E-state index contributed by atoms with van der Waals surface area (Å²) in [5.74, 6) is 0.646. The van der Waals surface area contributed by atoms with Crippen molar-refractivity contribution in [3.63, 3.8) is 0 Å². The van der Waals surface area contributed by atoms with Crippen LogP contribution in [0, 0.1) is 0 Å². The number of pyridine rings is 1. The first-order valence-corrected chi connectivity index (χ1v) is 10.3. The van der Waals surface area contributed by atoms with Gasteiger partial charge in [-0.25, -0.2) is 9.97 Å². The maximum absolute atomic E-state index is 11.7. The van der Waals surface area contributed by atoms with Crippen LogP contribution >= 0.6 is 0 Å². The summed E-state index contributed by atoms with van der Waals surface area (Å²) in [5, 5.41) is 14.8. The van der Waals surface area contributed by atoms with Gasteiger partial charge in [0.25, 0.3) is 0 Å². The molecule has 29 heavy (non-hydrogen) atoms. The lowest BCUT2D eigenvalue weighted by Gasteiger charge is -2.37. The minimum Gasteiger partial charge on any atom is -0.384 e. The maximum Gasteiger partial charge on any atom is 0.236 e. The molecule has 1 atom stereocenters. The normalized spacial score (nSPS) is 27.2. The van der Waals surface area contributed by atoms with Crippen molar-refractivity contribution in [3.8, 4) is 11.4 Å². The number of carbonyl (C=O) groups is 1. The highest BCUT2D eigenvalue weighted by atomic mass is 16.3. The Morgan fingerprint density at radius 2 is 1.93 bits per heavy atom. The van der Waals surface area contributed by atoms with E-state index in [0.29, 0.717) is 36.4 Å². The standard InChI is InChI=1S/C21H28N6O2/c22-12-19(28)27-11-6-17(14-27)26-16-4-7-21(29,8-5-16)18-3-2-15(13-25-18)20-23-9-1-10-24-20/h1-3,9-10,13,16-17,26,29H,4-8,11-12,14,22H2/t16?,17-,21?/m0/s1. The lowest BCUT2D eigenvalue weighted by molar-refractivity contribution is -0.128. The molecule has 4 rings (SSSR count). The molecule has 0 radical (unpaired) electrons. The van der Waals surface area contributed by atoms with Crippen LogP contribution in [-0.4, -0.2) is 62.6 Å². The SMILES string of the molecule is NCC(=O)N1CC[C@H](NC2CCC(O)(c3ccc(-c4ncccn4)cn3)CC2)C1. The smallest absolute Gasteiger partial charge is 0.236 e. The second kappa shape index (κ2) is 8.52. The molecular formula is C21H28N6O2. The van der Waals surface area contributed by atoms with Crippen molar-refractivity contribution in [3.05, 3.63) is 42.5 Å². The third-order valence-electron chi connectivity index (χ3n) is 6.06. The molecule has 2 aromatic heterocycles. The van der Waals surface area contributed by atoms with Crippen LogP contribution in [0.5, 0.6) is 0 Å². The van der Waals surface area contributed by atoms with Crippen LogP contribution in [0.25, 0.3) is 11.4 Å². The highest BCUT2D eigenvalue weighted by molar-refractivity contribution is 5.78.